The first-order valence-corrected chi connectivity index (χ1v) is 10.5. The molecular weight excluding hydrogens is 413 g/mol. The van der Waals surface area contributed by atoms with Crippen LogP contribution in [0.3, 0.4) is 0 Å². The molecule has 1 aliphatic rings. The highest BCUT2D eigenvalue weighted by Gasteiger charge is 2.27. The summed E-state index contributed by atoms with van der Waals surface area (Å²) >= 11 is 6.20. The fraction of sp³-hybridized carbons (Fsp3) is 0.455. The number of aromatic amines is 1. The third kappa shape index (κ3) is 4.00. The molecule has 0 amide bonds. The normalized spacial score (nSPS) is 14.9. The molecule has 1 saturated carbocycles. The van der Waals surface area contributed by atoms with Gasteiger partial charge in [-0.25, -0.2) is 18.2 Å². The quantitative estimate of drug-likeness (QED) is 0.483. The van der Waals surface area contributed by atoms with Crippen LogP contribution in [0, 0.1) is 12.7 Å². The maximum Gasteiger partial charge on any atom is 0.245 e. The molecule has 1 N–H and O–H groups in total. The van der Waals surface area contributed by atoms with Gasteiger partial charge >= 0.3 is 0 Å². The first-order chi connectivity index (χ1) is 14.1. The van der Waals surface area contributed by atoms with Crippen LogP contribution < -0.4 is 0 Å². The Balaban J connectivity index is 1.81. The molecule has 0 bridgehead atoms. The van der Waals surface area contributed by atoms with Crippen molar-refractivity contribution in [2.24, 2.45) is 7.05 Å². The summed E-state index contributed by atoms with van der Waals surface area (Å²) in [6, 6.07) is 2.99. The minimum Gasteiger partial charge on any atom is -0.337 e. The van der Waals surface area contributed by atoms with Gasteiger partial charge in [0.05, 0.1) is 5.69 Å². The Bertz CT molecular complexity index is 1060. The van der Waals surface area contributed by atoms with Crippen LogP contribution in [0.4, 0.5) is 13.2 Å². The fourth-order valence-electron chi connectivity index (χ4n) is 3.98. The number of alkyl halides is 2. The maximum atomic E-state index is 15.2. The van der Waals surface area contributed by atoms with Gasteiger partial charge in [-0.15, -0.1) is 0 Å². The van der Waals surface area contributed by atoms with E-state index in [0.29, 0.717) is 39.6 Å². The summed E-state index contributed by atoms with van der Waals surface area (Å²) in [4.78, 5) is 4.67. The van der Waals surface area contributed by atoms with E-state index in [2.05, 4.69) is 15.2 Å². The van der Waals surface area contributed by atoms with E-state index in [1.807, 2.05) is 11.6 Å². The van der Waals surface area contributed by atoms with Crippen LogP contribution >= 0.6 is 11.6 Å². The first-order valence-electron chi connectivity index (χ1n) is 10.1. The van der Waals surface area contributed by atoms with Gasteiger partial charge in [-0.3, -0.25) is 5.10 Å². The smallest absolute Gasteiger partial charge is 0.245 e. The van der Waals surface area contributed by atoms with Crippen molar-refractivity contribution in [3.05, 3.63) is 46.4 Å². The van der Waals surface area contributed by atoms with Crippen molar-refractivity contribution in [2.45, 2.75) is 57.8 Å². The third-order valence-electron chi connectivity index (χ3n) is 5.86. The number of halogens is 4. The molecule has 1 aliphatic carbocycles. The Hall–Kier alpha value is -2.28. The Kier molecular flexibility index (Phi) is 5.43. The minimum atomic E-state index is -2.83. The lowest BCUT2D eigenvalue weighted by Crippen LogP contribution is -2.13. The van der Waals surface area contributed by atoms with E-state index in [4.69, 9.17) is 11.6 Å². The van der Waals surface area contributed by atoms with Crippen LogP contribution in [0.25, 0.3) is 22.4 Å². The van der Waals surface area contributed by atoms with Crippen molar-refractivity contribution < 1.29 is 13.2 Å². The monoisotopic (exact) mass is 436 g/mol. The second-order valence-corrected chi connectivity index (χ2v) is 8.65. The molecule has 0 saturated heterocycles. The molecule has 8 heteroatoms. The van der Waals surface area contributed by atoms with Crippen LogP contribution in [0.15, 0.2) is 18.3 Å². The van der Waals surface area contributed by atoms with E-state index in [-0.39, 0.29) is 18.0 Å². The van der Waals surface area contributed by atoms with E-state index in [1.54, 1.807) is 19.2 Å². The molecule has 4 nitrogen and oxygen atoms in total. The molecule has 2 heterocycles. The van der Waals surface area contributed by atoms with Crippen LogP contribution in [-0.4, -0.2) is 25.7 Å². The van der Waals surface area contributed by atoms with Gasteiger partial charge in [0, 0.05) is 42.4 Å². The van der Waals surface area contributed by atoms with E-state index in [0.717, 1.165) is 25.6 Å². The number of benzene rings is 1. The van der Waals surface area contributed by atoms with Gasteiger partial charge in [0.15, 0.2) is 5.15 Å². The van der Waals surface area contributed by atoms with Gasteiger partial charge in [-0.05, 0) is 56.4 Å². The number of hydrogen-bond donors (Lipinski definition) is 1. The summed E-state index contributed by atoms with van der Waals surface area (Å²) in [7, 11) is 1.91. The molecule has 2 aromatic heterocycles. The molecule has 0 radical (unpaired) electrons. The molecule has 0 atom stereocenters. The summed E-state index contributed by atoms with van der Waals surface area (Å²) in [5.41, 5.74) is 3.09. The predicted molar refractivity (Wildman–Crippen MR) is 111 cm³/mol. The maximum absolute atomic E-state index is 15.2. The standard InChI is InChI=1S/C22H24ClF3N4/c1-12-19(20(23)29-28-12)15-10-17(24)16(9-14(15)7-8-22(2,25)26)18-11-30(3)21(27-18)13-5-4-6-13/h9-11,13H,4-8H2,1-3H3,(H,28,29). The number of nitrogens with zero attached hydrogens (tertiary/aromatic N) is 3. The van der Waals surface area contributed by atoms with Crippen LogP contribution in [0.2, 0.25) is 5.15 Å². The van der Waals surface area contributed by atoms with Crippen LogP contribution in [-0.2, 0) is 13.5 Å². The van der Waals surface area contributed by atoms with Crippen molar-refractivity contribution in [2.75, 3.05) is 0 Å². The SMILES string of the molecule is Cc1[nH]nc(Cl)c1-c1cc(F)c(-c2cn(C)c(C3CCC3)n2)cc1CCC(C)(F)F. The zero-order chi connectivity index (χ0) is 21.6. The van der Waals surface area contributed by atoms with Crippen molar-refractivity contribution in [1.29, 1.82) is 0 Å². The second kappa shape index (κ2) is 7.76. The van der Waals surface area contributed by atoms with E-state index in [9.17, 15) is 8.78 Å². The number of rotatable bonds is 6. The Morgan fingerprint density at radius 3 is 2.57 bits per heavy atom. The molecule has 0 aliphatic heterocycles. The largest absolute Gasteiger partial charge is 0.337 e. The molecule has 0 spiro atoms. The first kappa shape index (κ1) is 21.0. The van der Waals surface area contributed by atoms with Crippen LogP contribution in [0.5, 0.6) is 0 Å². The molecule has 30 heavy (non-hydrogen) atoms. The summed E-state index contributed by atoms with van der Waals surface area (Å²) in [6.07, 6.45) is 4.88. The molecule has 1 fully saturated rings. The highest BCUT2D eigenvalue weighted by molar-refractivity contribution is 6.32. The van der Waals surface area contributed by atoms with Crippen LogP contribution in [0.1, 0.15) is 55.6 Å². The average Bonchev–Trinajstić information content (AvgIpc) is 3.14. The molecule has 160 valence electrons. The number of aryl methyl sites for hydroxylation is 3. The van der Waals surface area contributed by atoms with Gasteiger partial charge in [-0.2, -0.15) is 5.10 Å². The lowest BCUT2D eigenvalue weighted by atomic mass is 9.85. The van der Waals surface area contributed by atoms with Gasteiger partial charge in [-0.1, -0.05) is 18.0 Å². The zero-order valence-electron chi connectivity index (χ0n) is 17.2. The Morgan fingerprint density at radius 2 is 2.00 bits per heavy atom. The van der Waals surface area contributed by atoms with Gasteiger partial charge in [0.25, 0.3) is 0 Å². The summed E-state index contributed by atoms with van der Waals surface area (Å²) in [6.45, 7) is 2.65. The van der Waals surface area contributed by atoms with E-state index >= 15 is 4.39 Å². The zero-order valence-corrected chi connectivity index (χ0v) is 18.0. The summed E-state index contributed by atoms with van der Waals surface area (Å²) < 4.78 is 44.3. The summed E-state index contributed by atoms with van der Waals surface area (Å²) in [5, 5.41) is 6.91. The van der Waals surface area contributed by atoms with E-state index in [1.165, 1.54) is 12.5 Å². The lowest BCUT2D eigenvalue weighted by Gasteiger charge is -2.24. The highest BCUT2D eigenvalue weighted by Crippen LogP contribution is 2.39. The van der Waals surface area contributed by atoms with Crippen molar-refractivity contribution in [1.82, 2.24) is 19.7 Å². The Morgan fingerprint density at radius 1 is 1.27 bits per heavy atom. The number of imidazole rings is 1. The molecule has 3 aromatic rings. The number of nitrogens with one attached hydrogen (secondary N) is 1. The summed E-state index contributed by atoms with van der Waals surface area (Å²) in [5.74, 6) is -1.96. The van der Waals surface area contributed by atoms with Gasteiger partial charge < -0.3 is 4.57 Å². The average molecular weight is 437 g/mol. The molecule has 4 rings (SSSR count). The van der Waals surface area contributed by atoms with Crippen molar-refractivity contribution in [3.8, 4) is 22.4 Å². The number of H-pyrrole nitrogens is 1. The molecule has 1 aromatic carbocycles. The lowest BCUT2D eigenvalue weighted by molar-refractivity contribution is 0.0133. The topological polar surface area (TPSA) is 46.5 Å². The van der Waals surface area contributed by atoms with Crippen molar-refractivity contribution >= 4 is 11.6 Å². The fourth-order valence-corrected chi connectivity index (χ4v) is 4.26. The molecule has 0 unspecified atom stereocenters. The highest BCUT2D eigenvalue weighted by atomic mass is 35.5. The third-order valence-corrected chi connectivity index (χ3v) is 6.13. The number of aromatic nitrogens is 4. The van der Waals surface area contributed by atoms with Gasteiger partial charge in [0.1, 0.15) is 11.6 Å². The van der Waals surface area contributed by atoms with E-state index < -0.39 is 11.7 Å². The van der Waals surface area contributed by atoms with Gasteiger partial charge in [0.2, 0.25) is 5.92 Å². The molecular formula is C22H24ClF3N4. The van der Waals surface area contributed by atoms with Crippen molar-refractivity contribution in [3.63, 3.8) is 0 Å². The second-order valence-electron chi connectivity index (χ2n) is 8.30. The Labute approximate surface area is 178 Å². The minimum absolute atomic E-state index is 0.0787. The number of hydrogen-bond acceptors (Lipinski definition) is 2. The predicted octanol–water partition coefficient (Wildman–Crippen LogP) is 6.43.